The third kappa shape index (κ3) is 3.29. The van der Waals surface area contributed by atoms with Gasteiger partial charge in [0.1, 0.15) is 0 Å². The van der Waals surface area contributed by atoms with E-state index >= 15 is 0 Å². The Bertz CT molecular complexity index is 567. The Morgan fingerprint density at radius 3 is 2.63 bits per heavy atom. The molecule has 0 fully saturated rings. The average Bonchev–Trinajstić information content (AvgIpc) is 2.94. The van der Waals surface area contributed by atoms with E-state index in [1.807, 2.05) is 18.2 Å². The number of hydrogen-bond donors (Lipinski definition) is 2. The number of nitrogens with zero attached hydrogens (tertiary/aromatic N) is 2. The van der Waals surface area contributed by atoms with Gasteiger partial charge >= 0.3 is 0 Å². The molecule has 1 amide bonds. The van der Waals surface area contributed by atoms with Crippen molar-refractivity contribution in [3.05, 3.63) is 40.4 Å². The lowest BCUT2D eigenvalue weighted by molar-refractivity contribution is 0.0949. The molecule has 0 spiro atoms. The van der Waals surface area contributed by atoms with Crippen LogP contribution in [0.1, 0.15) is 27.9 Å². The maximum Gasteiger partial charge on any atom is 0.282 e. The Labute approximate surface area is 116 Å². The molecule has 5 nitrogen and oxygen atoms in total. The van der Waals surface area contributed by atoms with Gasteiger partial charge in [-0.15, -0.1) is 10.2 Å². The van der Waals surface area contributed by atoms with E-state index in [9.17, 15) is 4.79 Å². The Balaban J connectivity index is 2.00. The zero-order chi connectivity index (χ0) is 13.7. The van der Waals surface area contributed by atoms with Crippen LogP contribution in [0.5, 0.6) is 0 Å². The summed E-state index contributed by atoms with van der Waals surface area (Å²) in [5.74, 6) is -0.190. The minimum atomic E-state index is -0.190. The number of hydrogen-bond acceptors (Lipinski definition) is 5. The molecule has 0 bridgehead atoms. The van der Waals surface area contributed by atoms with Gasteiger partial charge in [0.2, 0.25) is 10.1 Å². The molecular formula is C13H16N4OS. The first-order chi connectivity index (χ1) is 9.24. The first kappa shape index (κ1) is 13.5. The lowest BCUT2D eigenvalue weighted by Gasteiger charge is -2.07. The van der Waals surface area contributed by atoms with Crippen LogP contribution < -0.4 is 10.6 Å². The largest absolute Gasteiger partial charge is 0.363 e. The van der Waals surface area contributed by atoms with E-state index in [1.54, 1.807) is 7.05 Å². The lowest BCUT2D eigenvalue weighted by atomic mass is 10.1. The van der Waals surface area contributed by atoms with Gasteiger partial charge in [0.15, 0.2) is 0 Å². The maximum absolute atomic E-state index is 11.9. The van der Waals surface area contributed by atoms with Crippen LogP contribution in [-0.2, 0) is 13.0 Å². The Morgan fingerprint density at radius 1 is 1.26 bits per heavy atom. The summed E-state index contributed by atoms with van der Waals surface area (Å²) >= 11 is 1.24. The van der Waals surface area contributed by atoms with Gasteiger partial charge in [-0.3, -0.25) is 4.79 Å². The molecular weight excluding hydrogens is 260 g/mol. The molecule has 2 aromatic rings. The van der Waals surface area contributed by atoms with Crippen LogP contribution in [0.4, 0.5) is 5.13 Å². The molecule has 0 radical (unpaired) electrons. The molecule has 0 aliphatic rings. The predicted molar refractivity (Wildman–Crippen MR) is 76.4 cm³/mol. The van der Waals surface area contributed by atoms with Crippen LogP contribution in [0.2, 0.25) is 0 Å². The highest BCUT2D eigenvalue weighted by atomic mass is 32.1. The van der Waals surface area contributed by atoms with Gasteiger partial charge in [-0.05, 0) is 17.5 Å². The third-order valence-electron chi connectivity index (χ3n) is 2.77. The van der Waals surface area contributed by atoms with Crippen molar-refractivity contribution in [3.63, 3.8) is 0 Å². The van der Waals surface area contributed by atoms with E-state index in [1.165, 1.54) is 16.9 Å². The van der Waals surface area contributed by atoms with Crippen molar-refractivity contribution in [1.82, 2.24) is 15.5 Å². The van der Waals surface area contributed by atoms with Gasteiger partial charge < -0.3 is 10.6 Å². The number of nitrogens with one attached hydrogen (secondary N) is 2. The molecule has 0 atom stereocenters. The number of aromatic nitrogens is 2. The summed E-state index contributed by atoms with van der Waals surface area (Å²) in [5, 5.41) is 14.4. The topological polar surface area (TPSA) is 66.9 Å². The van der Waals surface area contributed by atoms with Gasteiger partial charge in [-0.1, -0.05) is 42.5 Å². The summed E-state index contributed by atoms with van der Waals surface area (Å²) in [6.07, 6.45) is 0.953. The van der Waals surface area contributed by atoms with E-state index in [-0.39, 0.29) is 5.91 Å². The normalized spacial score (nSPS) is 10.2. The van der Waals surface area contributed by atoms with Crippen molar-refractivity contribution in [2.24, 2.45) is 0 Å². The monoisotopic (exact) mass is 276 g/mol. The number of aryl methyl sites for hydroxylation is 1. The van der Waals surface area contributed by atoms with Gasteiger partial charge in [-0.2, -0.15) is 0 Å². The Hall–Kier alpha value is -1.95. The SMILES string of the molecule is CCc1ccccc1CNC(=O)c1nnc(NC)s1. The summed E-state index contributed by atoms with van der Waals surface area (Å²) in [6.45, 7) is 2.61. The first-order valence-corrected chi connectivity index (χ1v) is 6.92. The van der Waals surface area contributed by atoms with E-state index in [2.05, 4.69) is 33.8 Å². The molecule has 1 aromatic carbocycles. The van der Waals surface area contributed by atoms with Crippen LogP contribution in [0.3, 0.4) is 0 Å². The highest BCUT2D eigenvalue weighted by Gasteiger charge is 2.12. The molecule has 0 unspecified atom stereocenters. The Morgan fingerprint density at radius 2 is 2.00 bits per heavy atom. The standard InChI is InChI=1S/C13H16N4OS/c1-3-9-6-4-5-7-10(9)8-15-11(18)12-16-17-13(14-2)19-12/h4-7H,3,8H2,1-2H3,(H,14,17)(H,15,18). The summed E-state index contributed by atoms with van der Waals surface area (Å²) in [6, 6.07) is 8.09. The van der Waals surface area contributed by atoms with Crippen LogP contribution in [0.15, 0.2) is 24.3 Å². The molecule has 6 heteroatoms. The molecule has 19 heavy (non-hydrogen) atoms. The van der Waals surface area contributed by atoms with Crippen LogP contribution >= 0.6 is 11.3 Å². The highest BCUT2D eigenvalue weighted by molar-refractivity contribution is 7.17. The molecule has 1 aromatic heterocycles. The second kappa shape index (κ2) is 6.29. The molecule has 2 rings (SSSR count). The van der Waals surface area contributed by atoms with Gasteiger partial charge in [0.25, 0.3) is 5.91 Å². The van der Waals surface area contributed by atoms with Crippen LogP contribution in [0.25, 0.3) is 0 Å². The number of rotatable bonds is 5. The zero-order valence-corrected chi connectivity index (χ0v) is 11.8. The minimum absolute atomic E-state index is 0.190. The van der Waals surface area contributed by atoms with E-state index in [4.69, 9.17) is 0 Å². The molecule has 0 aliphatic carbocycles. The maximum atomic E-state index is 11.9. The van der Waals surface area contributed by atoms with Crippen molar-refractivity contribution in [2.75, 3.05) is 12.4 Å². The predicted octanol–water partition coefficient (Wildman–Crippen LogP) is 2.07. The molecule has 100 valence electrons. The molecule has 2 N–H and O–H groups in total. The highest BCUT2D eigenvalue weighted by Crippen LogP contribution is 2.14. The van der Waals surface area contributed by atoms with Gasteiger partial charge in [0.05, 0.1) is 0 Å². The summed E-state index contributed by atoms with van der Waals surface area (Å²) < 4.78 is 0. The lowest BCUT2D eigenvalue weighted by Crippen LogP contribution is -2.23. The fraction of sp³-hybridized carbons (Fsp3) is 0.308. The number of carbonyl (C=O) groups is 1. The molecule has 0 saturated carbocycles. The Kier molecular flexibility index (Phi) is 4.46. The van der Waals surface area contributed by atoms with Gasteiger partial charge in [-0.25, -0.2) is 0 Å². The zero-order valence-electron chi connectivity index (χ0n) is 10.9. The van der Waals surface area contributed by atoms with E-state index < -0.39 is 0 Å². The van der Waals surface area contributed by atoms with Crippen LogP contribution in [-0.4, -0.2) is 23.2 Å². The first-order valence-electron chi connectivity index (χ1n) is 6.10. The number of benzene rings is 1. The minimum Gasteiger partial charge on any atom is -0.363 e. The van der Waals surface area contributed by atoms with E-state index in [0.717, 1.165) is 12.0 Å². The summed E-state index contributed by atoms with van der Waals surface area (Å²) in [7, 11) is 1.75. The molecule has 1 heterocycles. The van der Waals surface area contributed by atoms with Crippen molar-refractivity contribution in [2.45, 2.75) is 19.9 Å². The second-order valence-electron chi connectivity index (χ2n) is 3.97. The van der Waals surface area contributed by atoms with Crippen molar-refractivity contribution in [1.29, 1.82) is 0 Å². The fourth-order valence-corrected chi connectivity index (χ4v) is 2.36. The molecule has 0 aliphatic heterocycles. The number of anilines is 1. The third-order valence-corrected chi connectivity index (χ3v) is 3.71. The molecule has 0 saturated heterocycles. The van der Waals surface area contributed by atoms with Gasteiger partial charge in [0, 0.05) is 13.6 Å². The second-order valence-corrected chi connectivity index (χ2v) is 4.94. The van der Waals surface area contributed by atoms with Crippen molar-refractivity contribution in [3.8, 4) is 0 Å². The number of amides is 1. The number of carbonyl (C=O) groups excluding carboxylic acids is 1. The summed E-state index contributed by atoms with van der Waals surface area (Å²) in [4.78, 5) is 11.9. The summed E-state index contributed by atoms with van der Waals surface area (Å²) in [5.41, 5.74) is 2.38. The smallest absolute Gasteiger partial charge is 0.282 e. The fourth-order valence-electron chi connectivity index (χ4n) is 1.74. The van der Waals surface area contributed by atoms with Crippen molar-refractivity contribution < 1.29 is 4.79 Å². The van der Waals surface area contributed by atoms with Crippen LogP contribution in [0, 0.1) is 0 Å². The van der Waals surface area contributed by atoms with Crippen molar-refractivity contribution >= 4 is 22.4 Å². The van der Waals surface area contributed by atoms with E-state index in [0.29, 0.717) is 16.7 Å². The average molecular weight is 276 g/mol. The quantitative estimate of drug-likeness (QED) is 0.877.